The van der Waals surface area contributed by atoms with Crippen molar-refractivity contribution in [3.8, 4) is 17.0 Å². The van der Waals surface area contributed by atoms with E-state index < -0.39 is 0 Å². The van der Waals surface area contributed by atoms with Crippen LogP contribution >= 0.6 is 0 Å². The molecule has 0 radical (unpaired) electrons. The normalized spacial score (nSPS) is 17.3. The van der Waals surface area contributed by atoms with Crippen LogP contribution in [0.4, 0.5) is 5.82 Å². The van der Waals surface area contributed by atoms with Crippen molar-refractivity contribution in [1.29, 1.82) is 0 Å². The molecule has 0 bridgehead atoms. The molecule has 0 unspecified atom stereocenters. The van der Waals surface area contributed by atoms with Gasteiger partial charge in [0.1, 0.15) is 23.1 Å². The van der Waals surface area contributed by atoms with Crippen molar-refractivity contribution in [3.63, 3.8) is 0 Å². The molecule has 0 saturated heterocycles. The van der Waals surface area contributed by atoms with Crippen LogP contribution in [-0.2, 0) is 6.42 Å². The second-order valence-corrected chi connectivity index (χ2v) is 5.42. The fourth-order valence-corrected chi connectivity index (χ4v) is 2.90. The summed E-state index contributed by atoms with van der Waals surface area (Å²) in [4.78, 5) is 4.66. The first-order chi connectivity index (χ1) is 9.24. The average Bonchev–Trinajstić information content (AvgIpc) is 3.03. The molecule has 0 spiro atoms. The van der Waals surface area contributed by atoms with Crippen LogP contribution in [0.15, 0.2) is 18.2 Å². The third-order valence-electron chi connectivity index (χ3n) is 4.00. The van der Waals surface area contributed by atoms with Gasteiger partial charge in [0.15, 0.2) is 0 Å². The fourth-order valence-electron chi connectivity index (χ4n) is 2.90. The minimum atomic E-state index is 0.569. The molecular formula is C15H17N3O. The fraction of sp³-hybridized carbons (Fsp3) is 0.400. The number of rotatable bonds is 2. The van der Waals surface area contributed by atoms with Crippen molar-refractivity contribution in [2.24, 2.45) is 0 Å². The lowest BCUT2D eigenvalue weighted by Crippen LogP contribution is -2.02. The number of aryl methyl sites for hydroxylation is 1. The van der Waals surface area contributed by atoms with E-state index in [2.05, 4.69) is 21.7 Å². The Hall–Kier alpha value is -1.97. The average molecular weight is 255 g/mol. The number of aromatic nitrogens is 2. The van der Waals surface area contributed by atoms with E-state index in [0.717, 1.165) is 41.7 Å². The molecule has 19 heavy (non-hydrogen) atoms. The van der Waals surface area contributed by atoms with Gasteiger partial charge in [-0.15, -0.1) is 0 Å². The molecule has 1 aliphatic carbocycles. The molecule has 1 aromatic carbocycles. The van der Waals surface area contributed by atoms with E-state index in [0.29, 0.717) is 6.04 Å². The predicted molar refractivity (Wildman–Crippen MR) is 74.3 cm³/mol. The van der Waals surface area contributed by atoms with Gasteiger partial charge in [-0.25, -0.2) is 4.98 Å². The standard InChI is InChI=1S/C15H17N3O/c1-9-17-14(15(16)18(9)12-3-4-12)11-2-5-13-10(8-11)6-7-19-13/h2,5,8,12H,3-4,6-7,16H2,1H3. The summed E-state index contributed by atoms with van der Waals surface area (Å²) in [6.45, 7) is 2.82. The highest BCUT2D eigenvalue weighted by molar-refractivity contribution is 5.72. The van der Waals surface area contributed by atoms with E-state index >= 15 is 0 Å². The molecule has 1 aromatic heterocycles. The summed E-state index contributed by atoms with van der Waals surface area (Å²) in [6, 6.07) is 6.82. The Balaban J connectivity index is 1.82. The maximum Gasteiger partial charge on any atom is 0.131 e. The van der Waals surface area contributed by atoms with E-state index in [1.54, 1.807) is 0 Å². The molecule has 4 heteroatoms. The zero-order valence-corrected chi connectivity index (χ0v) is 11.0. The summed E-state index contributed by atoms with van der Waals surface area (Å²) < 4.78 is 7.72. The third kappa shape index (κ3) is 1.63. The number of hydrogen-bond donors (Lipinski definition) is 1. The van der Waals surface area contributed by atoms with Gasteiger partial charge in [-0.2, -0.15) is 0 Å². The first kappa shape index (κ1) is 10.9. The van der Waals surface area contributed by atoms with Gasteiger partial charge >= 0.3 is 0 Å². The number of fused-ring (bicyclic) bond motifs is 1. The van der Waals surface area contributed by atoms with Crippen LogP contribution in [0.3, 0.4) is 0 Å². The third-order valence-corrected chi connectivity index (χ3v) is 4.00. The number of nitrogen functional groups attached to an aromatic ring is 1. The molecule has 4 rings (SSSR count). The molecule has 4 nitrogen and oxygen atoms in total. The Labute approximate surface area is 112 Å². The summed E-state index contributed by atoms with van der Waals surface area (Å²) in [5.41, 5.74) is 9.57. The Kier molecular flexibility index (Phi) is 2.16. The van der Waals surface area contributed by atoms with Gasteiger partial charge in [-0.1, -0.05) is 0 Å². The molecule has 98 valence electrons. The first-order valence-electron chi connectivity index (χ1n) is 6.84. The van der Waals surface area contributed by atoms with Crippen molar-refractivity contribution < 1.29 is 4.74 Å². The van der Waals surface area contributed by atoms with Crippen LogP contribution in [0.2, 0.25) is 0 Å². The summed E-state index contributed by atoms with van der Waals surface area (Å²) in [5, 5.41) is 0. The molecule has 1 saturated carbocycles. The Morgan fingerprint density at radius 1 is 1.37 bits per heavy atom. The number of ether oxygens (including phenoxy) is 1. The lowest BCUT2D eigenvalue weighted by Gasteiger charge is -2.06. The van der Waals surface area contributed by atoms with Crippen molar-refractivity contribution in [2.75, 3.05) is 12.3 Å². The van der Waals surface area contributed by atoms with Crippen molar-refractivity contribution in [1.82, 2.24) is 9.55 Å². The molecule has 2 aliphatic rings. The maximum absolute atomic E-state index is 6.29. The minimum Gasteiger partial charge on any atom is -0.493 e. The summed E-state index contributed by atoms with van der Waals surface area (Å²) >= 11 is 0. The lowest BCUT2D eigenvalue weighted by atomic mass is 10.1. The van der Waals surface area contributed by atoms with Gasteiger partial charge in [0.2, 0.25) is 0 Å². The van der Waals surface area contributed by atoms with Crippen LogP contribution in [0.25, 0.3) is 11.3 Å². The molecule has 2 aromatic rings. The van der Waals surface area contributed by atoms with E-state index in [1.807, 2.05) is 13.0 Å². The van der Waals surface area contributed by atoms with Crippen molar-refractivity contribution >= 4 is 5.82 Å². The molecule has 1 fully saturated rings. The Morgan fingerprint density at radius 2 is 2.21 bits per heavy atom. The smallest absolute Gasteiger partial charge is 0.131 e. The molecule has 2 N–H and O–H groups in total. The lowest BCUT2D eigenvalue weighted by molar-refractivity contribution is 0.357. The second kappa shape index (κ2) is 3.76. The first-order valence-corrected chi connectivity index (χ1v) is 6.84. The summed E-state index contributed by atoms with van der Waals surface area (Å²) in [5.74, 6) is 2.83. The molecule has 1 aliphatic heterocycles. The number of nitrogens with zero attached hydrogens (tertiary/aromatic N) is 2. The van der Waals surface area contributed by atoms with Gasteiger partial charge in [-0.3, -0.25) is 0 Å². The van der Waals surface area contributed by atoms with Gasteiger partial charge in [0, 0.05) is 18.0 Å². The number of benzene rings is 1. The molecule has 0 atom stereocenters. The molecule has 2 heterocycles. The van der Waals surface area contributed by atoms with Gasteiger partial charge in [-0.05, 0) is 43.5 Å². The topological polar surface area (TPSA) is 53.1 Å². The summed E-state index contributed by atoms with van der Waals surface area (Å²) in [7, 11) is 0. The van der Waals surface area contributed by atoms with E-state index in [-0.39, 0.29) is 0 Å². The van der Waals surface area contributed by atoms with E-state index in [4.69, 9.17) is 10.5 Å². The summed E-state index contributed by atoms with van der Waals surface area (Å²) in [6.07, 6.45) is 3.42. The largest absolute Gasteiger partial charge is 0.493 e. The van der Waals surface area contributed by atoms with Crippen molar-refractivity contribution in [3.05, 3.63) is 29.6 Å². The van der Waals surface area contributed by atoms with Gasteiger partial charge in [0.05, 0.1) is 6.61 Å². The monoisotopic (exact) mass is 255 g/mol. The molecular weight excluding hydrogens is 238 g/mol. The quantitative estimate of drug-likeness (QED) is 0.897. The highest BCUT2D eigenvalue weighted by atomic mass is 16.5. The van der Waals surface area contributed by atoms with Gasteiger partial charge < -0.3 is 15.0 Å². The van der Waals surface area contributed by atoms with Crippen molar-refractivity contribution in [2.45, 2.75) is 32.2 Å². The Bertz CT molecular complexity index is 656. The SMILES string of the molecule is Cc1nc(-c2ccc3c(c2)CCO3)c(N)n1C1CC1. The highest BCUT2D eigenvalue weighted by Crippen LogP contribution is 2.41. The number of hydrogen-bond acceptors (Lipinski definition) is 3. The minimum absolute atomic E-state index is 0.569. The van der Waals surface area contributed by atoms with Crippen LogP contribution < -0.4 is 10.5 Å². The zero-order chi connectivity index (χ0) is 13.0. The number of imidazole rings is 1. The molecule has 0 amide bonds. The number of nitrogens with two attached hydrogens (primary N) is 1. The van der Waals surface area contributed by atoms with Crippen LogP contribution in [0.1, 0.15) is 30.3 Å². The zero-order valence-electron chi connectivity index (χ0n) is 11.0. The van der Waals surface area contributed by atoms with Crippen LogP contribution in [0, 0.1) is 6.92 Å². The van der Waals surface area contributed by atoms with E-state index in [9.17, 15) is 0 Å². The maximum atomic E-state index is 6.29. The van der Waals surface area contributed by atoms with Crippen LogP contribution in [0.5, 0.6) is 5.75 Å². The van der Waals surface area contributed by atoms with Gasteiger partial charge in [0.25, 0.3) is 0 Å². The van der Waals surface area contributed by atoms with Crippen LogP contribution in [-0.4, -0.2) is 16.2 Å². The van der Waals surface area contributed by atoms with E-state index in [1.165, 1.54) is 18.4 Å². The second-order valence-electron chi connectivity index (χ2n) is 5.42. The predicted octanol–water partition coefficient (Wildman–Crippen LogP) is 2.71. The highest BCUT2D eigenvalue weighted by Gasteiger charge is 2.29. The Morgan fingerprint density at radius 3 is 3.00 bits per heavy atom. The number of anilines is 1.